The highest BCUT2D eigenvalue weighted by Gasteiger charge is 2.74. The predicted octanol–water partition coefficient (Wildman–Crippen LogP) is 4.16. The summed E-state index contributed by atoms with van der Waals surface area (Å²) in [7, 11) is 0. The van der Waals surface area contributed by atoms with Gasteiger partial charge in [-0.05, 0) is 36.1 Å². The summed E-state index contributed by atoms with van der Waals surface area (Å²) in [5.74, 6) is -5.14. The van der Waals surface area contributed by atoms with E-state index in [1.807, 2.05) is 19.1 Å². The fourth-order valence-corrected chi connectivity index (χ4v) is 6.00. The summed E-state index contributed by atoms with van der Waals surface area (Å²) in [4.78, 5) is 67.3. The van der Waals surface area contributed by atoms with Gasteiger partial charge in [-0.1, -0.05) is 55.5 Å². The second-order valence-electron chi connectivity index (χ2n) is 9.82. The molecule has 2 amide bonds. The number of imide groups is 1. The van der Waals surface area contributed by atoms with Crippen LogP contribution in [0.3, 0.4) is 0 Å². The van der Waals surface area contributed by atoms with Crippen LogP contribution in [-0.4, -0.2) is 33.9 Å². The van der Waals surface area contributed by atoms with E-state index in [1.165, 1.54) is 30.3 Å². The number of benzene rings is 3. The fourth-order valence-electron chi connectivity index (χ4n) is 6.00. The number of carbonyl (C=O) groups is 4. The minimum absolute atomic E-state index is 0.156. The van der Waals surface area contributed by atoms with Crippen LogP contribution >= 0.6 is 0 Å². The lowest BCUT2D eigenvalue weighted by Crippen LogP contribution is -2.51. The average Bonchev–Trinajstić information content (AvgIpc) is 3.49. The minimum atomic E-state index is -2.17. The molecule has 3 aromatic carbocycles. The van der Waals surface area contributed by atoms with Crippen molar-refractivity contribution in [1.82, 2.24) is 0 Å². The van der Waals surface area contributed by atoms with E-state index in [9.17, 15) is 29.3 Å². The number of hydrogen-bond donors (Lipinski definition) is 0. The van der Waals surface area contributed by atoms with E-state index in [4.69, 9.17) is 4.74 Å². The van der Waals surface area contributed by atoms with Gasteiger partial charge in [0.05, 0.1) is 28.6 Å². The van der Waals surface area contributed by atoms with E-state index in [2.05, 4.69) is 0 Å². The normalized spacial score (nSPS) is 23.3. The first-order chi connectivity index (χ1) is 18.2. The number of fused-ring (bicyclic) bond motifs is 3. The Hall–Kier alpha value is -4.50. The van der Waals surface area contributed by atoms with Crippen molar-refractivity contribution in [3.63, 3.8) is 0 Å². The van der Waals surface area contributed by atoms with Crippen molar-refractivity contribution in [2.24, 2.45) is 11.8 Å². The number of nitro groups is 1. The molecule has 38 heavy (non-hydrogen) atoms. The van der Waals surface area contributed by atoms with Crippen molar-refractivity contribution in [3.05, 3.63) is 105 Å². The first-order valence-corrected chi connectivity index (χ1v) is 12.3. The lowest BCUT2D eigenvalue weighted by molar-refractivity contribution is -0.384. The minimum Gasteiger partial charge on any atom is -0.349 e. The third-order valence-corrected chi connectivity index (χ3v) is 7.87. The van der Waals surface area contributed by atoms with Crippen LogP contribution < -0.4 is 4.90 Å². The molecule has 0 radical (unpaired) electrons. The van der Waals surface area contributed by atoms with Gasteiger partial charge < -0.3 is 4.74 Å². The molecule has 9 heteroatoms. The zero-order chi connectivity index (χ0) is 26.9. The highest BCUT2D eigenvalue weighted by Crippen LogP contribution is 2.58. The number of amides is 2. The molecule has 0 aromatic heterocycles. The monoisotopic (exact) mass is 510 g/mol. The van der Waals surface area contributed by atoms with Crippen LogP contribution in [0.15, 0.2) is 66.7 Å². The molecule has 2 aliphatic heterocycles. The summed E-state index contributed by atoms with van der Waals surface area (Å²) in [6, 6.07) is 17.5. The van der Waals surface area contributed by atoms with E-state index >= 15 is 0 Å². The zero-order valence-corrected chi connectivity index (χ0v) is 20.5. The largest absolute Gasteiger partial charge is 0.349 e. The second-order valence-corrected chi connectivity index (χ2v) is 9.82. The molecule has 3 aliphatic rings. The summed E-state index contributed by atoms with van der Waals surface area (Å²) in [5, 5.41) is 11.2. The molecular formula is C29H22N2O7. The van der Waals surface area contributed by atoms with E-state index < -0.39 is 51.8 Å². The molecule has 3 aromatic rings. The number of nitrogens with zero attached hydrogens (tertiary/aromatic N) is 2. The number of nitro benzene ring substituents is 1. The second kappa shape index (κ2) is 8.26. The van der Waals surface area contributed by atoms with Crippen LogP contribution in [0.5, 0.6) is 0 Å². The average molecular weight is 511 g/mol. The zero-order valence-electron chi connectivity index (χ0n) is 20.5. The van der Waals surface area contributed by atoms with E-state index in [-0.39, 0.29) is 22.5 Å². The number of Topliss-reactive ketones (excluding diaryl/α,β-unsaturated/α-hetero) is 2. The van der Waals surface area contributed by atoms with Gasteiger partial charge in [-0.15, -0.1) is 0 Å². The van der Waals surface area contributed by atoms with Crippen LogP contribution in [0.1, 0.15) is 50.4 Å². The van der Waals surface area contributed by atoms with Gasteiger partial charge in [0, 0.05) is 23.3 Å². The number of aryl methyl sites for hydroxylation is 2. The van der Waals surface area contributed by atoms with Crippen LogP contribution in [-0.2, 0) is 20.7 Å². The highest BCUT2D eigenvalue weighted by molar-refractivity contribution is 6.37. The maximum absolute atomic E-state index is 14.0. The summed E-state index contributed by atoms with van der Waals surface area (Å²) >= 11 is 0. The number of ether oxygens (including phenoxy) is 1. The van der Waals surface area contributed by atoms with Gasteiger partial charge in [0.25, 0.3) is 5.69 Å². The number of non-ortho nitro benzene ring substituents is 1. The SMILES string of the molecule is CCc1ccc([C@H]2OC3(C(=O)c4ccccc4C3=O)[C@H]3C(=O)N(c4ccc([N+](=O)[O-])cc4C)C(=O)[C@@H]23)cc1. The highest BCUT2D eigenvalue weighted by atomic mass is 16.6. The fraction of sp³-hybridized carbons (Fsp3) is 0.241. The van der Waals surface area contributed by atoms with Crippen LogP contribution in [0.4, 0.5) is 11.4 Å². The third-order valence-electron chi connectivity index (χ3n) is 7.87. The molecule has 0 unspecified atom stereocenters. The molecule has 2 saturated heterocycles. The molecule has 1 aliphatic carbocycles. The Balaban J connectivity index is 1.52. The Labute approximate surface area is 217 Å². The van der Waals surface area contributed by atoms with Gasteiger partial charge in [-0.25, -0.2) is 4.90 Å². The van der Waals surface area contributed by atoms with Crippen molar-refractivity contribution < 1.29 is 28.8 Å². The molecule has 2 heterocycles. The maximum atomic E-state index is 14.0. The van der Waals surface area contributed by atoms with E-state index in [0.29, 0.717) is 11.1 Å². The molecule has 190 valence electrons. The number of rotatable bonds is 4. The van der Waals surface area contributed by atoms with Gasteiger partial charge in [0.1, 0.15) is 0 Å². The number of hydrogen-bond acceptors (Lipinski definition) is 7. The number of anilines is 1. The third kappa shape index (κ3) is 3.02. The topological polar surface area (TPSA) is 124 Å². The Bertz CT molecular complexity index is 1540. The molecule has 2 fully saturated rings. The molecule has 0 bridgehead atoms. The molecular weight excluding hydrogens is 488 g/mol. The smallest absolute Gasteiger partial charge is 0.269 e. The molecule has 9 nitrogen and oxygen atoms in total. The standard InChI is InChI=1S/C29H22N2O7/c1-3-16-8-10-17(11-9-16)24-22-23(29(38-24)25(32)19-6-4-5-7-20(19)26(29)33)28(35)30(27(22)34)21-13-12-18(31(36)37)14-15(21)2/h4-14,22-24H,3H2,1-2H3/t22-,23-,24-/m1/s1. The van der Waals surface area contributed by atoms with Gasteiger partial charge in [0.2, 0.25) is 29.0 Å². The molecule has 0 N–H and O–H groups in total. The van der Waals surface area contributed by atoms with Gasteiger partial charge in [-0.3, -0.25) is 29.3 Å². The molecule has 0 saturated carbocycles. The molecule has 3 atom stereocenters. The first-order valence-electron chi connectivity index (χ1n) is 12.3. The van der Waals surface area contributed by atoms with Crippen molar-refractivity contribution in [2.45, 2.75) is 32.0 Å². The molecule has 6 rings (SSSR count). The Morgan fingerprint density at radius 2 is 1.55 bits per heavy atom. The Kier molecular flexibility index (Phi) is 5.19. The quantitative estimate of drug-likeness (QED) is 0.223. The van der Waals surface area contributed by atoms with E-state index in [1.54, 1.807) is 31.2 Å². The van der Waals surface area contributed by atoms with Gasteiger partial charge in [0.15, 0.2) is 0 Å². The summed E-state index contributed by atoms with van der Waals surface area (Å²) in [6.07, 6.45) is -0.230. The summed E-state index contributed by atoms with van der Waals surface area (Å²) < 4.78 is 6.29. The van der Waals surface area contributed by atoms with Crippen molar-refractivity contribution in [1.29, 1.82) is 0 Å². The van der Waals surface area contributed by atoms with Gasteiger partial charge in [-0.2, -0.15) is 0 Å². The van der Waals surface area contributed by atoms with Crippen molar-refractivity contribution in [3.8, 4) is 0 Å². The first kappa shape index (κ1) is 23.9. The van der Waals surface area contributed by atoms with Crippen molar-refractivity contribution >= 4 is 34.8 Å². The lowest BCUT2D eigenvalue weighted by Gasteiger charge is -2.27. The summed E-state index contributed by atoms with van der Waals surface area (Å²) in [5.41, 5.74) is 0.100. The lowest BCUT2D eigenvalue weighted by atomic mass is 9.77. The maximum Gasteiger partial charge on any atom is 0.269 e. The summed E-state index contributed by atoms with van der Waals surface area (Å²) in [6.45, 7) is 3.56. The number of ketones is 2. The van der Waals surface area contributed by atoms with Gasteiger partial charge >= 0.3 is 0 Å². The Morgan fingerprint density at radius 3 is 2.11 bits per heavy atom. The number of carbonyl (C=O) groups excluding carboxylic acids is 4. The Morgan fingerprint density at radius 1 is 0.921 bits per heavy atom. The van der Waals surface area contributed by atoms with Crippen LogP contribution in [0.25, 0.3) is 0 Å². The van der Waals surface area contributed by atoms with E-state index in [0.717, 1.165) is 16.9 Å². The van der Waals surface area contributed by atoms with Crippen molar-refractivity contribution in [2.75, 3.05) is 4.90 Å². The van der Waals surface area contributed by atoms with Crippen LogP contribution in [0.2, 0.25) is 0 Å². The van der Waals surface area contributed by atoms with Crippen LogP contribution in [0, 0.1) is 28.9 Å². The molecule has 1 spiro atoms. The predicted molar refractivity (Wildman–Crippen MR) is 135 cm³/mol.